The molecule has 0 N–H and O–H groups in total. The van der Waals surface area contributed by atoms with Gasteiger partial charge in [-0.15, -0.1) is 0 Å². The third-order valence-corrected chi connectivity index (χ3v) is 6.24. The lowest BCUT2D eigenvalue weighted by Crippen LogP contribution is -2.24. The molecule has 4 rings (SSSR count). The maximum absolute atomic E-state index is 12.8. The van der Waals surface area contributed by atoms with Gasteiger partial charge in [0.15, 0.2) is 0 Å². The molecule has 2 aromatic heterocycles. The molecule has 0 bridgehead atoms. The van der Waals surface area contributed by atoms with Crippen molar-refractivity contribution in [1.82, 2.24) is 19.3 Å². The molecule has 0 amide bonds. The van der Waals surface area contributed by atoms with Gasteiger partial charge in [-0.3, -0.25) is 4.57 Å². The van der Waals surface area contributed by atoms with Crippen LogP contribution in [-0.2, 0) is 16.4 Å². The second-order valence-electron chi connectivity index (χ2n) is 6.42. The smallest absolute Gasteiger partial charge is 0.277 e. The van der Waals surface area contributed by atoms with Crippen molar-refractivity contribution in [2.75, 3.05) is 0 Å². The Labute approximate surface area is 172 Å². The van der Waals surface area contributed by atoms with Gasteiger partial charge >= 0.3 is 5.69 Å². The third kappa shape index (κ3) is 3.64. The highest BCUT2D eigenvalue weighted by Crippen LogP contribution is 2.21. The minimum Gasteiger partial charge on any atom is -0.277 e. The monoisotopic (exact) mass is 417 g/mol. The van der Waals surface area contributed by atoms with Crippen LogP contribution in [-0.4, -0.2) is 27.7 Å². The number of pyridine rings is 1. The number of nitriles is 1. The van der Waals surface area contributed by atoms with Crippen LogP contribution in [0.2, 0.25) is 0 Å². The van der Waals surface area contributed by atoms with E-state index in [1.807, 2.05) is 36.4 Å². The summed E-state index contributed by atoms with van der Waals surface area (Å²) in [5, 5.41) is 13.1. The van der Waals surface area contributed by atoms with Gasteiger partial charge in [-0.2, -0.15) is 15.0 Å². The van der Waals surface area contributed by atoms with E-state index in [1.54, 1.807) is 0 Å². The minimum atomic E-state index is -3.82. The Balaban J connectivity index is 1.63. The first-order valence-electron chi connectivity index (χ1n) is 8.89. The third-order valence-electron chi connectivity index (χ3n) is 4.48. The zero-order valence-corrected chi connectivity index (χ0v) is 16.4. The van der Waals surface area contributed by atoms with E-state index in [0.29, 0.717) is 12.2 Å². The van der Waals surface area contributed by atoms with Gasteiger partial charge in [-0.05, 0) is 42.0 Å². The summed E-state index contributed by atoms with van der Waals surface area (Å²) >= 11 is 0. The summed E-state index contributed by atoms with van der Waals surface area (Å²) in [5.74, 6) is 0. The number of aromatic nitrogens is 4. The summed E-state index contributed by atoms with van der Waals surface area (Å²) in [7, 11) is -3.82. The van der Waals surface area contributed by atoms with Crippen molar-refractivity contribution in [2.24, 2.45) is 0 Å². The molecular weight excluding hydrogens is 402 g/mol. The Morgan fingerprint density at radius 2 is 1.70 bits per heavy atom. The summed E-state index contributed by atoms with van der Waals surface area (Å²) in [4.78, 5) is 16.5. The zero-order chi connectivity index (χ0) is 21.1. The van der Waals surface area contributed by atoms with Crippen LogP contribution in [0.4, 0.5) is 0 Å². The van der Waals surface area contributed by atoms with E-state index in [-0.39, 0.29) is 21.2 Å². The highest BCUT2D eigenvalue weighted by Gasteiger charge is 2.19. The van der Waals surface area contributed by atoms with E-state index in [2.05, 4.69) is 10.1 Å². The molecule has 8 nitrogen and oxygen atoms in total. The van der Waals surface area contributed by atoms with Gasteiger partial charge in [0.2, 0.25) is 9.84 Å². The van der Waals surface area contributed by atoms with Crippen LogP contribution in [0.25, 0.3) is 5.69 Å². The quantitative estimate of drug-likeness (QED) is 0.492. The molecule has 148 valence electrons. The maximum Gasteiger partial charge on any atom is 0.350 e. The van der Waals surface area contributed by atoms with E-state index >= 15 is 0 Å². The molecule has 0 fully saturated rings. The Kier molecular flexibility index (Phi) is 5.00. The number of sulfone groups is 1. The fraction of sp³-hybridized carbons (Fsp3) is 0.0476. The second-order valence-corrected chi connectivity index (χ2v) is 8.37. The van der Waals surface area contributed by atoms with Crippen LogP contribution >= 0.6 is 0 Å². The molecule has 0 saturated heterocycles. The van der Waals surface area contributed by atoms with Crippen molar-refractivity contribution in [2.45, 2.75) is 16.3 Å². The largest absolute Gasteiger partial charge is 0.350 e. The van der Waals surface area contributed by atoms with Crippen LogP contribution in [0, 0.1) is 11.3 Å². The molecule has 0 saturated carbocycles. The molecule has 0 radical (unpaired) electrons. The van der Waals surface area contributed by atoms with Crippen LogP contribution in [0.3, 0.4) is 0 Å². The number of rotatable bonds is 5. The molecule has 30 heavy (non-hydrogen) atoms. The van der Waals surface area contributed by atoms with Gasteiger partial charge in [0.25, 0.3) is 0 Å². The van der Waals surface area contributed by atoms with Gasteiger partial charge in [0.05, 0.1) is 22.0 Å². The van der Waals surface area contributed by atoms with Gasteiger partial charge in [-0.25, -0.2) is 18.2 Å². The molecule has 2 aromatic carbocycles. The van der Waals surface area contributed by atoms with Gasteiger partial charge in [0.1, 0.15) is 18.1 Å². The highest BCUT2D eigenvalue weighted by atomic mass is 32.2. The van der Waals surface area contributed by atoms with Crippen molar-refractivity contribution in [1.29, 1.82) is 5.26 Å². The molecule has 0 atom stereocenters. The first kappa shape index (κ1) is 19.3. The van der Waals surface area contributed by atoms with Crippen LogP contribution < -0.4 is 5.69 Å². The average molecular weight is 417 g/mol. The van der Waals surface area contributed by atoms with E-state index < -0.39 is 9.84 Å². The number of nitrogens with zero attached hydrogens (tertiary/aromatic N) is 5. The fourth-order valence-electron chi connectivity index (χ4n) is 2.94. The van der Waals surface area contributed by atoms with Crippen LogP contribution in [0.1, 0.15) is 11.3 Å². The van der Waals surface area contributed by atoms with Crippen molar-refractivity contribution < 1.29 is 8.42 Å². The molecule has 0 aliphatic rings. The Bertz CT molecular complexity index is 1400. The summed E-state index contributed by atoms with van der Waals surface area (Å²) in [6, 6.07) is 19.7. The SMILES string of the molecule is N#Cc1cc(S(=O)(=O)c2ccc(-n3ncn(Cc4ccccc4)c3=O)cc2)ccn1. The predicted octanol–water partition coefficient (Wildman–Crippen LogP) is 2.18. The number of hydrogen-bond acceptors (Lipinski definition) is 6. The summed E-state index contributed by atoms with van der Waals surface area (Å²) < 4.78 is 28.3. The topological polar surface area (TPSA) is 111 Å². The van der Waals surface area contributed by atoms with E-state index in [1.165, 1.54) is 58.2 Å². The standard InChI is InChI=1S/C21H15N5O3S/c22-13-17-12-20(10-11-23-17)30(28,29)19-8-6-18(7-9-19)26-21(27)25(15-24-26)14-16-4-2-1-3-5-16/h1-12,15H,14H2. The molecule has 4 aromatic rings. The minimum absolute atomic E-state index is 0.0169. The lowest BCUT2D eigenvalue weighted by molar-refractivity contribution is 0.596. The predicted molar refractivity (Wildman–Crippen MR) is 108 cm³/mol. The van der Waals surface area contributed by atoms with Gasteiger partial charge in [-0.1, -0.05) is 30.3 Å². The molecule has 0 aliphatic carbocycles. The molecule has 0 aliphatic heterocycles. The van der Waals surface area contributed by atoms with Crippen LogP contribution in [0.15, 0.2) is 93.8 Å². The first-order valence-corrected chi connectivity index (χ1v) is 10.4. The van der Waals surface area contributed by atoms with Crippen LogP contribution in [0.5, 0.6) is 0 Å². The summed E-state index contributed by atoms with van der Waals surface area (Å²) in [6.07, 6.45) is 2.72. The zero-order valence-electron chi connectivity index (χ0n) is 15.6. The number of hydrogen-bond donors (Lipinski definition) is 0. The molecular formula is C21H15N5O3S. The Hall–Kier alpha value is -4.03. The summed E-state index contributed by atoms with van der Waals surface area (Å²) in [5.41, 5.74) is 1.10. The van der Waals surface area contributed by atoms with Crippen molar-refractivity contribution in [3.05, 3.63) is 101 Å². The first-order chi connectivity index (χ1) is 14.5. The van der Waals surface area contributed by atoms with E-state index in [4.69, 9.17) is 5.26 Å². The molecule has 0 spiro atoms. The average Bonchev–Trinajstić information content (AvgIpc) is 3.14. The lowest BCUT2D eigenvalue weighted by Gasteiger charge is -2.06. The maximum atomic E-state index is 12.8. The molecule has 0 unspecified atom stereocenters. The van der Waals surface area contributed by atoms with Gasteiger partial charge in [0, 0.05) is 6.20 Å². The second kappa shape index (κ2) is 7.77. The molecule has 2 heterocycles. The fourth-order valence-corrected chi connectivity index (χ4v) is 4.22. The van der Waals surface area contributed by atoms with Crippen molar-refractivity contribution in [3.63, 3.8) is 0 Å². The van der Waals surface area contributed by atoms with E-state index in [0.717, 1.165) is 5.56 Å². The molecule has 9 heteroatoms. The Morgan fingerprint density at radius 1 is 0.967 bits per heavy atom. The highest BCUT2D eigenvalue weighted by molar-refractivity contribution is 7.91. The summed E-state index contributed by atoms with van der Waals surface area (Å²) in [6.45, 7) is 0.384. The lowest BCUT2D eigenvalue weighted by atomic mass is 10.2. The van der Waals surface area contributed by atoms with Crippen molar-refractivity contribution >= 4 is 9.84 Å². The van der Waals surface area contributed by atoms with E-state index in [9.17, 15) is 13.2 Å². The Morgan fingerprint density at radius 3 is 2.40 bits per heavy atom. The number of benzene rings is 2. The van der Waals surface area contributed by atoms with Crippen molar-refractivity contribution in [3.8, 4) is 11.8 Å². The van der Waals surface area contributed by atoms with Gasteiger partial charge < -0.3 is 0 Å². The normalized spacial score (nSPS) is 11.2.